The largest absolute Gasteiger partial charge is 0.465 e. The van der Waals surface area contributed by atoms with Crippen LogP contribution in [0.4, 0.5) is 0 Å². The minimum Gasteiger partial charge on any atom is -0.465 e. The van der Waals surface area contributed by atoms with Crippen molar-refractivity contribution >= 4 is 5.97 Å². The highest BCUT2D eigenvalue weighted by Gasteiger charge is 2.52. The van der Waals surface area contributed by atoms with E-state index >= 15 is 0 Å². The highest BCUT2D eigenvalue weighted by Crippen LogP contribution is 2.52. The predicted molar refractivity (Wildman–Crippen MR) is 100 cm³/mol. The van der Waals surface area contributed by atoms with Gasteiger partial charge in [-0.05, 0) is 30.3 Å². The van der Waals surface area contributed by atoms with Gasteiger partial charge in [-0.3, -0.25) is 0 Å². The fraction of sp³-hybridized carbons (Fsp3) is 0.333. The van der Waals surface area contributed by atoms with Gasteiger partial charge in [0, 0.05) is 24.9 Å². The molecule has 0 aromatic heterocycles. The molecule has 140 valence electrons. The fourth-order valence-electron chi connectivity index (χ4n) is 4.10. The van der Waals surface area contributed by atoms with E-state index in [1.807, 2.05) is 13.1 Å². The number of ether oxygens (including phenoxy) is 1. The highest BCUT2D eigenvalue weighted by atomic mass is 16.5. The van der Waals surface area contributed by atoms with Gasteiger partial charge in [-0.2, -0.15) is 15.8 Å². The van der Waals surface area contributed by atoms with Crippen molar-refractivity contribution in [3.63, 3.8) is 0 Å². The Balaban J connectivity index is 2.21. The number of fused-ring (bicyclic) bond motifs is 1. The van der Waals surface area contributed by atoms with Crippen molar-refractivity contribution in [3.05, 3.63) is 58.3 Å². The third kappa shape index (κ3) is 2.72. The van der Waals surface area contributed by atoms with Crippen molar-refractivity contribution in [3.8, 4) is 18.2 Å². The van der Waals surface area contributed by atoms with Gasteiger partial charge in [-0.1, -0.05) is 18.2 Å². The Labute approximate surface area is 163 Å². The van der Waals surface area contributed by atoms with Crippen LogP contribution in [0.1, 0.15) is 21.8 Å². The summed E-state index contributed by atoms with van der Waals surface area (Å²) in [5.41, 5.74) is 6.68. The lowest BCUT2D eigenvalue weighted by molar-refractivity contribution is 0.0600. The number of methoxy groups -OCH3 is 1. The molecule has 2 aliphatic rings. The van der Waals surface area contributed by atoms with Crippen LogP contribution in [-0.2, 0) is 4.74 Å². The molecule has 0 spiro atoms. The first-order chi connectivity index (χ1) is 13.4. The van der Waals surface area contributed by atoms with Gasteiger partial charge in [0.15, 0.2) is 0 Å². The average molecular weight is 373 g/mol. The Bertz CT molecular complexity index is 987. The van der Waals surface area contributed by atoms with E-state index in [1.165, 1.54) is 7.11 Å². The Kier molecular flexibility index (Phi) is 4.92. The lowest BCUT2D eigenvalue weighted by Gasteiger charge is -2.44. The van der Waals surface area contributed by atoms with Gasteiger partial charge >= 0.3 is 5.97 Å². The molecule has 1 aromatic rings. The second kappa shape index (κ2) is 7.19. The number of nitriles is 3. The molecule has 0 bridgehead atoms. The van der Waals surface area contributed by atoms with E-state index < -0.39 is 17.3 Å². The topological polar surface area (TPSA) is 127 Å². The van der Waals surface area contributed by atoms with E-state index in [0.717, 1.165) is 5.56 Å². The minimum absolute atomic E-state index is 0.00547. The van der Waals surface area contributed by atoms with Crippen LogP contribution >= 0.6 is 0 Å². The maximum absolute atomic E-state index is 11.7. The lowest BCUT2D eigenvalue weighted by Crippen LogP contribution is -2.46. The first-order valence-corrected chi connectivity index (χ1v) is 8.73. The molecular formula is C21H19N5O2. The van der Waals surface area contributed by atoms with Crippen molar-refractivity contribution in [2.75, 3.05) is 27.2 Å². The summed E-state index contributed by atoms with van der Waals surface area (Å²) in [6.45, 7) is 1.18. The number of hydrogen-bond donors (Lipinski definition) is 1. The number of carbonyl (C=O) groups excluding carboxylic acids is 1. The third-order valence-electron chi connectivity index (χ3n) is 5.52. The number of nitrogens with zero attached hydrogens (tertiary/aromatic N) is 4. The number of nitrogens with two attached hydrogens (primary N) is 1. The first kappa shape index (κ1) is 19.2. The highest BCUT2D eigenvalue weighted by molar-refractivity contribution is 5.89. The molecule has 0 saturated carbocycles. The Morgan fingerprint density at radius 2 is 1.89 bits per heavy atom. The molecule has 1 aromatic carbocycles. The zero-order valence-electron chi connectivity index (χ0n) is 15.6. The van der Waals surface area contributed by atoms with E-state index in [2.05, 4.69) is 23.1 Å². The van der Waals surface area contributed by atoms with E-state index in [1.54, 1.807) is 24.3 Å². The molecule has 0 fully saturated rings. The van der Waals surface area contributed by atoms with Crippen LogP contribution in [-0.4, -0.2) is 38.1 Å². The number of carbonyl (C=O) groups is 1. The summed E-state index contributed by atoms with van der Waals surface area (Å²) in [7, 11) is 3.26. The van der Waals surface area contributed by atoms with Gasteiger partial charge in [-0.25, -0.2) is 4.79 Å². The summed E-state index contributed by atoms with van der Waals surface area (Å²) < 4.78 is 4.73. The number of hydrogen-bond acceptors (Lipinski definition) is 7. The molecule has 3 rings (SSSR count). The van der Waals surface area contributed by atoms with Gasteiger partial charge in [0.1, 0.15) is 0 Å². The second-order valence-electron chi connectivity index (χ2n) is 6.99. The number of benzene rings is 1. The summed E-state index contributed by atoms with van der Waals surface area (Å²) in [6.07, 6.45) is 1.87. The van der Waals surface area contributed by atoms with Crippen molar-refractivity contribution in [2.45, 2.75) is 5.92 Å². The SMILES string of the molecule is COC(=O)c1ccc([C@@H]2C(C#N)=C(N)C(C#N)(C#N)C3=CCN(C)C[C@@H]32)cc1. The molecule has 0 unspecified atom stereocenters. The maximum Gasteiger partial charge on any atom is 0.337 e. The van der Waals surface area contributed by atoms with Crippen LogP contribution in [0.25, 0.3) is 0 Å². The Hall–Kier alpha value is -3.60. The maximum atomic E-state index is 11.7. The number of allylic oxidation sites excluding steroid dienone is 2. The van der Waals surface area contributed by atoms with Crippen LogP contribution in [0, 0.1) is 45.3 Å². The van der Waals surface area contributed by atoms with Gasteiger partial charge in [-0.15, -0.1) is 0 Å². The Morgan fingerprint density at radius 3 is 2.43 bits per heavy atom. The molecule has 1 aliphatic carbocycles. The van der Waals surface area contributed by atoms with E-state index in [4.69, 9.17) is 10.5 Å². The van der Waals surface area contributed by atoms with Crippen LogP contribution in [0.3, 0.4) is 0 Å². The standard InChI is InChI=1S/C21H19N5O2/c1-26-8-7-17-16(10-26)18(13-3-5-14(6-4-13)20(27)28-2)15(9-22)19(25)21(17,11-23)12-24/h3-7,16,18H,8,10,25H2,1-2H3/t16-,18+/m0/s1. The smallest absolute Gasteiger partial charge is 0.337 e. The minimum atomic E-state index is -1.63. The average Bonchev–Trinajstić information content (AvgIpc) is 2.73. The molecule has 2 atom stereocenters. The number of likely N-dealkylation sites (N-methyl/N-ethyl adjacent to an activating group) is 1. The van der Waals surface area contributed by atoms with Crippen molar-refractivity contribution in [1.82, 2.24) is 4.90 Å². The molecule has 28 heavy (non-hydrogen) atoms. The van der Waals surface area contributed by atoms with Gasteiger partial charge < -0.3 is 15.4 Å². The summed E-state index contributed by atoms with van der Waals surface area (Å²) in [5.74, 6) is -1.10. The van der Waals surface area contributed by atoms with E-state index in [-0.39, 0.29) is 17.2 Å². The molecule has 1 heterocycles. The van der Waals surface area contributed by atoms with Crippen LogP contribution in [0.5, 0.6) is 0 Å². The molecule has 7 heteroatoms. The monoisotopic (exact) mass is 373 g/mol. The van der Waals surface area contributed by atoms with Crippen LogP contribution in [0.15, 0.2) is 47.2 Å². The Morgan fingerprint density at radius 1 is 1.25 bits per heavy atom. The summed E-state index contributed by atoms with van der Waals surface area (Å²) in [6, 6.07) is 13.1. The number of rotatable bonds is 2. The zero-order chi connectivity index (χ0) is 20.5. The van der Waals surface area contributed by atoms with Crippen molar-refractivity contribution in [2.24, 2.45) is 17.1 Å². The van der Waals surface area contributed by atoms with Gasteiger partial charge in [0.25, 0.3) is 0 Å². The van der Waals surface area contributed by atoms with E-state index in [9.17, 15) is 20.6 Å². The first-order valence-electron chi connectivity index (χ1n) is 8.73. The van der Waals surface area contributed by atoms with E-state index in [0.29, 0.717) is 24.2 Å². The lowest BCUT2D eigenvalue weighted by atomic mass is 9.60. The van der Waals surface area contributed by atoms with Crippen molar-refractivity contribution in [1.29, 1.82) is 15.8 Å². The quantitative estimate of drug-likeness (QED) is 0.619. The molecule has 7 nitrogen and oxygen atoms in total. The van der Waals surface area contributed by atoms with Crippen molar-refractivity contribution < 1.29 is 9.53 Å². The van der Waals surface area contributed by atoms with Gasteiger partial charge in [0.05, 0.1) is 42.2 Å². The fourth-order valence-corrected chi connectivity index (χ4v) is 4.10. The molecule has 0 radical (unpaired) electrons. The van der Waals surface area contributed by atoms with Crippen LogP contribution < -0.4 is 5.73 Å². The zero-order valence-corrected chi connectivity index (χ0v) is 15.6. The molecule has 2 N–H and O–H groups in total. The molecule has 0 amide bonds. The second-order valence-corrected chi connectivity index (χ2v) is 6.99. The van der Waals surface area contributed by atoms with Crippen LogP contribution in [0.2, 0.25) is 0 Å². The summed E-state index contributed by atoms with van der Waals surface area (Å²) >= 11 is 0. The molecule has 1 aliphatic heterocycles. The number of esters is 1. The van der Waals surface area contributed by atoms with Gasteiger partial charge in [0.2, 0.25) is 5.41 Å². The molecular weight excluding hydrogens is 354 g/mol. The molecule has 0 saturated heterocycles. The third-order valence-corrected chi connectivity index (χ3v) is 5.52. The summed E-state index contributed by atoms with van der Waals surface area (Å²) in [5, 5.41) is 29.5. The summed E-state index contributed by atoms with van der Waals surface area (Å²) in [4.78, 5) is 13.8. The normalized spacial score (nSPS) is 23.5. The predicted octanol–water partition coefficient (Wildman–Crippen LogP) is 1.83.